The average Bonchev–Trinajstić information content (AvgIpc) is 3.55. The molecule has 0 bridgehead atoms. The summed E-state index contributed by atoms with van der Waals surface area (Å²) in [6.07, 6.45) is 13.1. The minimum atomic E-state index is 0.284. The molecule has 6 nitrogen and oxygen atoms in total. The fourth-order valence-corrected chi connectivity index (χ4v) is 6.31. The lowest BCUT2D eigenvalue weighted by atomic mass is 9.89. The largest absolute Gasteiger partial charge is 0.343 e. The van der Waals surface area contributed by atoms with Crippen molar-refractivity contribution in [3.8, 4) is 0 Å². The molecule has 3 fully saturated rings. The Hall–Kier alpha value is -1.95. The molecule has 1 saturated carbocycles. The van der Waals surface area contributed by atoms with E-state index in [0.717, 1.165) is 55.3 Å². The first-order valence-corrected chi connectivity index (χ1v) is 13.0. The van der Waals surface area contributed by atoms with Gasteiger partial charge in [-0.25, -0.2) is 9.50 Å². The number of amides is 1. The molecule has 2 aromatic heterocycles. The molecule has 0 aromatic carbocycles. The number of aryl methyl sites for hydroxylation is 2. The summed E-state index contributed by atoms with van der Waals surface area (Å²) in [7, 11) is 0. The molecule has 2 aliphatic heterocycles. The smallest absolute Gasteiger partial charge is 0.222 e. The van der Waals surface area contributed by atoms with Gasteiger partial charge in [0.15, 0.2) is 5.65 Å². The lowest BCUT2D eigenvalue weighted by molar-refractivity contribution is -0.130. The fourth-order valence-electron chi connectivity index (χ4n) is 6.31. The minimum absolute atomic E-state index is 0.284. The quantitative estimate of drug-likeness (QED) is 0.662. The first kappa shape index (κ1) is 21.9. The standard InChI is InChI=1S/C26H39N5O/c1-19-22(12-13-26(32)29-14-6-7-15-29)20(2)31-25(27-19)17-23(28-31)24-11-8-16-30(24)18-21-9-4-3-5-10-21/h17,21,24H,3-16,18H2,1-2H3. The van der Waals surface area contributed by atoms with E-state index in [0.29, 0.717) is 12.5 Å². The summed E-state index contributed by atoms with van der Waals surface area (Å²) in [5, 5.41) is 5.06. The third-order valence-electron chi connectivity index (χ3n) is 8.15. The molecule has 1 amide bonds. The molecule has 0 spiro atoms. The highest BCUT2D eigenvalue weighted by Gasteiger charge is 2.31. The number of hydrogen-bond acceptors (Lipinski definition) is 4. The second kappa shape index (κ2) is 9.50. The van der Waals surface area contributed by atoms with Crippen LogP contribution in [0, 0.1) is 19.8 Å². The van der Waals surface area contributed by atoms with Crippen LogP contribution in [0.3, 0.4) is 0 Å². The van der Waals surface area contributed by atoms with Gasteiger partial charge in [-0.3, -0.25) is 9.69 Å². The van der Waals surface area contributed by atoms with Crippen LogP contribution in [0.5, 0.6) is 0 Å². The minimum Gasteiger partial charge on any atom is -0.343 e. The zero-order valence-electron chi connectivity index (χ0n) is 20.0. The van der Waals surface area contributed by atoms with Crippen molar-refractivity contribution in [1.29, 1.82) is 0 Å². The van der Waals surface area contributed by atoms with E-state index in [2.05, 4.69) is 24.8 Å². The maximum Gasteiger partial charge on any atom is 0.222 e. The predicted octanol–water partition coefficient (Wildman–Crippen LogP) is 4.62. The Kier molecular flexibility index (Phi) is 6.49. The van der Waals surface area contributed by atoms with Crippen molar-refractivity contribution >= 4 is 11.6 Å². The summed E-state index contributed by atoms with van der Waals surface area (Å²) in [5.74, 6) is 1.15. The van der Waals surface area contributed by atoms with Crippen LogP contribution in [0.4, 0.5) is 0 Å². The molecule has 1 unspecified atom stereocenters. The van der Waals surface area contributed by atoms with E-state index in [4.69, 9.17) is 10.1 Å². The van der Waals surface area contributed by atoms with Gasteiger partial charge in [0.25, 0.3) is 0 Å². The van der Waals surface area contributed by atoms with Gasteiger partial charge in [0.05, 0.1) is 11.7 Å². The van der Waals surface area contributed by atoms with Crippen LogP contribution in [-0.2, 0) is 11.2 Å². The van der Waals surface area contributed by atoms with Crippen molar-refractivity contribution in [2.45, 2.75) is 90.5 Å². The van der Waals surface area contributed by atoms with Gasteiger partial charge in [-0.2, -0.15) is 5.10 Å². The van der Waals surface area contributed by atoms with E-state index < -0.39 is 0 Å². The third-order valence-corrected chi connectivity index (χ3v) is 8.15. The van der Waals surface area contributed by atoms with Gasteiger partial charge >= 0.3 is 0 Å². The fraction of sp³-hybridized carbons (Fsp3) is 0.731. The average molecular weight is 438 g/mol. The maximum atomic E-state index is 12.6. The molecule has 0 radical (unpaired) electrons. The molecule has 174 valence electrons. The van der Waals surface area contributed by atoms with Gasteiger partial charge in [0.2, 0.25) is 5.91 Å². The molecule has 1 aliphatic carbocycles. The lowest BCUT2D eigenvalue weighted by Gasteiger charge is -2.30. The van der Waals surface area contributed by atoms with Crippen LogP contribution >= 0.6 is 0 Å². The third kappa shape index (κ3) is 4.43. The van der Waals surface area contributed by atoms with Gasteiger partial charge in [0.1, 0.15) is 0 Å². The molecule has 2 aromatic rings. The van der Waals surface area contributed by atoms with Gasteiger partial charge in [-0.05, 0) is 76.8 Å². The van der Waals surface area contributed by atoms with E-state index >= 15 is 0 Å². The summed E-state index contributed by atoms with van der Waals surface area (Å²) in [6, 6.07) is 2.64. The van der Waals surface area contributed by atoms with Crippen LogP contribution in [0.15, 0.2) is 6.07 Å². The summed E-state index contributed by atoms with van der Waals surface area (Å²) in [4.78, 5) is 22.2. The van der Waals surface area contributed by atoms with E-state index in [1.807, 2.05) is 9.42 Å². The number of fused-ring (bicyclic) bond motifs is 1. The molecule has 6 heteroatoms. The molecule has 5 rings (SSSR count). The molecule has 0 N–H and O–H groups in total. The van der Waals surface area contributed by atoms with E-state index in [1.165, 1.54) is 69.3 Å². The first-order valence-electron chi connectivity index (χ1n) is 13.0. The number of nitrogens with zero attached hydrogens (tertiary/aromatic N) is 5. The Morgan fingerprint density at radius 2 is 1.78 bits per heavy atom. The van der Waals surface area contributed by atoms with E-state index in [-0.39, 0.29) is 5.91 Å². The van der Waals surface area contributed by atoms with Crippen molar-refractivity contribution < 1.29 is 4.79 Å². The number of aromatic nitrogens is 3. The van der Waals surface area contributed by atoms with Gasteiger partial charge in [-0.1, -0.05) is 19.3 Å². The zero-order chi connectivity index (χ0) is 22.1. The Labute approximate surface area is 192 Å². The van der Waals surface area contributed by atoms with Crippen molar-refractivity contribution in [3.05, 3.63) is 28.7 Å². The molecule has 1 atom stereocenters. The number of carbonyl (C=O) groups excluding carboxylic acids is 1. The van der Waals surface area contributed by atoms with E-state index in [9.17, 15) is 4.79 Å². The summed E-state index contributed by atoms with van der Waals surface area (Å²) in [6.45, 7) is 8.51. The molecule has 4 heterocycles. The molecular weight excluding hydrogens is 398 g/mol. The van der Waals surface area contributed by atoms with Crippen LogP contribution in [-0.4, -0.2) is 56.5 Å². The van der Waals surface area contributed by atoms with Crippen molar-refractivity contribution in [2.75, 3.05) is 26.2 Å². The van der Waals surface area contributed by atoms with E-state index in [1.54, 1.807) is 0 Å². The maximum absolute atomic E-state index is 12.6. The predicted molar refractivity (Wildman–Crippen MR) is 127 cm³/mol. The van der Waals surface area contributed by atoms with Crippen LogP contribution < -0.4 is 0 Å². The summed E-state index contributed by atoms with van der Waals surface area (Å²) >= 11 is 0. The highest BCUT2D eigenvalue weighted by Crippen LogP contribution is 2.35. The lowest BCUT2D eigenvalue weighted by Crippen LogP contribution is -2.30. The molecule has 3 aliphatic rings. The molecule has 32 heavy (non-hydrogen) atoms. The highest BCUT2D eigenvalue weighted by atomic mass is 16.2. The van der Waals surface area contributed by atoms with Gasteiger partial charge < -0.3 is 4.90 Å². The Bertz CT molecular complexity index is 955. The Morgan fingerprint density at radius 3 is 2.56 bits per heavy atom. The highest BCUT2D eigenvalue weighted by molar-refractivity contribution is 5.76. The number of hydrogen-bond donors (Lipinski definition) is 0. The second-order valence-electron chi connectivity index (χ2n) is 10.3. The Balaban J connectivity index is 1.33. The number of carbonyl (C=O) groups is 1. The van der Waals surface area contributed by atoms with Crippen LogP contribution in [0.25, 0.3) is 5.65 Å². The van der Waals surface area contributed by atoms with Crippen molar-refractivity contribution in [3.63, 3.8) is 0 Å². The van der Waals surface area contributed by atoms with Crippen LogP contribution in [0.2, 0.25) is 0 Å². The first-order chi connectivity index (χ1) is 15.6. The second-order valence-corrected chi connectivity index (χ2v) is 10.3. The van der Waals surface area contributed by atoms with Gasteiger partial charge in [-0.15, -0.1) is 0 Å². The SMILES string of the molecule is Cc1nc2cc(C3CCCN3CC3CCCCC3)nn2c(C)c1CCC(=O)N1CCCC1. The molecule has 2 saturated heterocycles. The summed E-state index contributed by atoms with van der Waals surface area (Å²) < 4.78 is 2.04. The zero-order valence-corrected chi connectivity index (χ0v) is 20.0. The number of likely N-dealkylation sites (tertiary alicyclic amines) is 2. The Morgan fingerprint density at radius 1 is 1.00 bits per heavy atom. The normalized spacial score (nSPS) is 22.9. The topological polar surface area (TPSA) is 53.7 Å². The van der Waals surface area contributed by atoms with Crippen LogP contribution in [0.1, 0.15) is 92.9 Å². The monoisotopic (exact) mass is 437 g/mol. The van der Waals surface area contributed by atoms with Gasteiger partial charge in [0, 0.05) is 43.5 Å². The number of rotatable bonds is 6. The molecular formula is C26H39N5O. The van der Waals surface area contributed by atoms with Crippen molar-refractivity contribution in [2.24, 2.45) is 5.92 Å². The summed E-state index contributed by atoms with van der Waals surface area (Å²) in [5.41, 5.74) is 5.50. The van der Waals surface area contributed by atoms with Crippen molar-refractivity contribution in [1.82, 2.24) is 24.4 Å².